The first-order valence-corrected chi connectivity index (χ1v) is 11.9. The minimum Gasteiger partial charge on any atom is -0.492 e. The minimum atomic E-state index is -3.70. The molecule has 11 heteroatoms. The predicted octanol–water partition coefficient (Wildman–Crippen LogP) is 1.94. The van der Waals surface area contributed by atoms with Crippen molar-refractivity contribution < 1.29 is 22.7 Å². The van der Waals surface area contributed by atoms with Gasteiger partial charge in [-0.05, 0) is 36.8 Å². The number of morpholine rings is 1. The Labute approximate surface area is 192 Å². The van der Waals surface area contributed by atoms with Gasteiger partial charge in [-0.3, -0.25) is 4.79 Å². The van der Waals surface area contributed by atoms with Gasteiger partial charge in [-0.25, -0.2) is 18.1 Å². The Morgan fingerprint density at radius 2 is 2.00 bits per heavy atom. The Morgan fingerprint density at radius 3 is 2.76 bits per heavy atom. The van der Waals surface area contributed by atoms with E-state index >= 15 is 0 Å². The third-order valence-electron chi connectivity index (χ3n) is 5.21. The van der Waals surface area contributed by atoms with Gasteiger partial charge in [-0.15, -0.1) is 0 Å². The SMILES string of the molecule is Cc1ccc(S(=O)(=O)N2CCOCC2)cc1C(=O)Nc1cccc(OCCn2cncn2)c1. The second kappa shape index (κ2) is 10.1. The van der Waals surface area contributed by atoms with Gasteiger partial charge in [-0.2, -0.15) is 9.40 Å². The molecule has 1 aromatic heterocycles. The van der Waals surface area contributed by atoms with Crippen molar-refractivity contribution in [2.75, 3.05) is 38.2 Å². The first-order valence-electron chi connectivity index (χ1n) is 10.5. The quantitative estimate of drug-likeness (QED) is 0.534. The zero-order valence-electron chi connectivity index (χ0n) is 18.2. The third kappa shape index (κ3) is 5.56. The van der Waals surface area contributed by atoms with E-state index in [1.807, 2.05) is 0 Å². The highest BCUT2D eigenvalue weighted by Crippen LogP contribution is 2.23. The van der Waals surface area contributed by atoms with Crippen LogP contribution in [-0.4, -0.2) is 66.3 Å². The van der Waals surface area contributed by atoms with Gasteiger partial charge in [0, 0.05) is 30.4 Å². The zero-order chi connectivity index (χ0) is 23.3. The van der Waals surface area contributed by atoms with Crippen molar-refractivity contribution in [3.05, 3.63) is 66.2 Å². The van der Waals surface area contributed by atoms with Crippen LogP contribution in [0.4, 0.5) is 5.69 Å². The summed E-state index contributed by atoms with van der Waals surface area (Å²) in [4.78, 5) is 16.9. The summed E-state index contributed by atoms with van der Waals surface area (Å²) in [5.74, 6) is 0.194. The largest absolute Gasteiger partial charge is 0.492 e. The van der Waals surface area contributed by atoms with E-state index in [1.165, 1.54) is 22.8 Å². The van der Waals surface area contributed by atoms with E-state index in [1.54, 1.807) is 48.3 Å². The van der Waals surface area contributed by atoms with Crippen molar-refractivity contribution in [2.45, 2.75) is 18.4 Å². The average molecular weight is 472 g/mol. The molecular formula is C22H25N5O5S. The van der Waals surface area contributed by atoms with Gasteiger partial charge in [0.2, 0.25) is 10.0 Å². The van der Waals surface area contributed by atoms with Crippen LogP contribution in [0, 0.1) is 6.92 Å². The maximum absolute atomic E-state index is 13.0. The lowest BCUT2D eigenvalue weighted by Crippen LogP contribution is -2.40. The molecule has 0 saturated carbocycles. The maximum Gasteiger partial charge on any atom is 0.255 e. The Kier molecular flexibility index (Phi) is 7.02. The molecule has 10 nitrogen and oxygen atoms in total. The van der Waals surface area contributed by atoms with Gasteiger partial charge in [0.25, 0.3) is 5.91 Å². The van der Waals surface area contributed by atoms with Crippen LogP contribution in [0.2, 0.25) is 0 Å². The molecule has 1 fully saturated rings. The number of ether oxygens (including phenoxy) is 2. The highest BCUT2D eigenvalue weighted by Gasteiger charge is 2.27. The monoisotopic (exact) mass is 471 g/mol. The van der Waals surface area contributed by atoms with Crippen molar-refractivity contribution in [2.24, 2.45) is 0 Å². The zero-order valence-corrected chi connectivity index (χ0v) is 19.0. The highest BCUT2D eigenvalue weighted by molar-refractivity contribution is 7.89. The summed E-state index contributed by atoms with van der Waals surface area (Å²) in [5.41, 5.74) is 1.51. The Morgan fingerprint density at radius 1 is 1.18 bits per heavy atom. The van der Waals surface area contributed by atoms with Gasteiger partial charge < -0.3 is 14.8 Å². The van der Waals surface area contributed by atoms with Gasteiger partial charge >= 0.3 is 0 Å². The van der Waals surface area contributed by atoms with Crippen molar-refractivity contribution >= 4 is 21.6 Å². The van der Waals surface area contributed by atoms with E-state index in [2.05, 4.69) is 15.4 Å². The number of carbonyl (C=O) groups excluding carboxylic acids is 1. The molecule has 1 amide bonds. The van der Waals surface area contributed by atoms with Crippen LogP contribution in [0.3, 0.4) is 0 Å². The lowest BCUT2D eigenvalue weighted by molar-refractivity contribution is 0.0730. The molecule has 0 spiro atoms. The molecule has 2 aromatic carbocycles. The Bertz CT molecular complexity index is 1210. The molecule has 4 rings (SSSR count). The maximum atomic E-state index is 13.0. The molecule has 1 saturated heterocycles. The van der Waals surface area contributed by atoms with Crippen LogP contribution in [-0.2, 0) is 21.3 Å². The fraction of sp³-hybridized carbons (Fsp3) is 0.318. The molecule has 0 radical (unpaired) electrons. The molecule has 0 unspecified atom stereocenters. The number of rotatable bonds is 8. The van der Waals surface area contributed by atoms with Crippen LogP contribution in [0.1, 0.15) is 15.9 Å². The number of benzene rings is 2. The van der Waals surface area contributed by atoms with E-state index in [9.17, 15) is 13.2 Å². The molecule has 0 aliphatic carbocycles. The topological polar surface area (TPSA) is 116 Å². The first-order chi connectivity index (χ1) is 15.9. The van der Waals surface area contributed by atoms with Gasteiger partial charge in [-0.1, -0.05) is 12.1 Å². The molecule has 0 bridgehead atoms. The lowest BCUT2D eigenvalue weighted by atomic mass is 10.1. The number of hydrogen-bond acceptors (Lipinski definition) is 7. The Balaban J connectivity index is 1.45. The molecule has 1 N–H and O–H groups in total. The fourth-order valence-electron chi connectivity index (χ4n) is 3.41. The minimum absolute atomic E-state index is 0.0883. The van der Waals surface area contributed by atoms with Crippen LogP contribution >= 0.6 is 0 Å². The van der Waals surface area contributed by atoms with Crippen LogP contribution < -0.4 is 10.1 Å². The second-order valence-corrected chi connectivity index (χ2v) is 9.42. The summed E-state index contributed by atoms with van der Waals surface area (Å²) in [7, 11) is -3.70. The van der Waals surface area contributed by atoms with Gasteiger partial charge in [0.15, 0.2) is 0 Å². The van der Waals surface area contributed by atoms with Crippen molar-refractivity contribution in [1.29, 1.82) is 0 Å². The summed E-state index contributed by atoms with van der Waals surface area (Å²) in [5, 5.41) is 6.84. The molecular weight excluding hydrogens is 446 g/mol. The predicted molar refractivity (Wildman–Crippen MR) is 121 cm³/mol. The number of amides is 1. The molecule has 3 aromatic rings. The van der Waals surface area contributed by atoms with Crippen molar-refractivity contribution in [3.8, 4) is 5.75 Å². The normalized spacial score (nSPS) is 14.7. The molecule has 0 atom stereocenters. The van der Waals surface area contributed by atoms with Crippen LogP contribution in [0.5, 0.6) is 5.75 Å². The molecule has 1 aliphatic rings. The first kappa shape index (κ1) is 22.9. The number of nitrogens with zero attached hydrogens (tertiary/aromatic N) is 4. The highest BCUT2D eigenvalue weighted by atomic mass is 32.2. The van der Waals surface area contributed by atoms with E-state index in [-0.39, 0.29) is 4.90 Å². The summed E-state index contributed by atoms with van der Waals surface area (Å²) < 4.78 is 40.0. The number of carbonyl (C=O) groups is 1. The molecule has 33 heavy (non-hydrogen) atoms. The van der Waals surface area contributed by atoms with Gasteiger partial charge in [0.1, 0.15) is 25.0 Å². The third-order valence-corrected chi connectivity index (χ3v) is 7.10. The fourth-order valence-corrected chi connectivity index (χ4v) is 4.84. The summed E-state index contributed by atoms with van der Waals surface area (Å²) in [6.07, 6.45) is 3.06. The van der Waals surface area contributed by atoms with Gasteiger partial charge in [0.05, 0.1) is 24.7 Å². The molecule has 1 aliphatic heterocycles. The number of sulfonamides is 1. The van der Waals surface area contributed by atoms with E-state index in [0.29, 0.717) is 62.0 Å². The average Bonchev–Trinajstić information content (AvgIpc) is 3.33. The number of nitrogens with one attached hydrogen (secondary N) is 1. The summed E-state index contributed by atoms with van der Waals surface area (Å²) in [6, 6.07) is 11.6. The van der Waals surface area contributed by atoms with Crippen molar-refractivity contribution in [3.63, 3.8) is 0 Å². The number of aryl methyl sites for hydroxylation is 1. The van der Waals surface area contributed by atoms with Crippen molar-refractivity contribution in [1.82, 2.24) is 19.1 Å². The van der Waals surface area contributed by atoms with Crippen LogP contribution in [0.25, 0.3) is 0 Å². The van der Waals surface area contributed by atoms with E-state index < -0.39 is 15.9 Å². The van der Waals surface area contributed by atoms with Crippen LogP contribution in [0.15, 0.2) is 60.0 Å². The summed E-state index contributed by atoms with van der Waals surface area (Å²) in [6.45, 7) is 4.00. The Hall–Kier alpha value is -3.28. The molecule has 2 heterocycles. The molecule has 174 valence electrons. The number of anilines is 1. The smallest absolute Gasteiger partial charge is 0.255 e. The number of aromatic nitrogens is 3. The van der Waals surface area contributed by atoms with E-state index in [4.69, 9.17) is 9.47 Å². The lowest BCUT2D eigenvalue weighted by Gasteiger charge is -2.26. The van der Waals surface area contributed by atoms with E-state index in [0.717, 1.165) is 0 Å². The standard InChI is InChI=1S/C22H25N5O5S/c1-17-5-6-20(33(29,30)27-8-10-31-11-9-27)14-21(17)22(28)25-18-3-2-4-19(13-18)32-12-7-26-16-23-15-24-26/h2-6,13-16H,7-12H2,1H3,(H,25,28). The summed E-state index contributed by atoms with van der Waals surface area (Å²) >= 11 is 0. The number of hydrogen-bond donors (Lipinski definition) is 1. The second-order valence-electron chi connectivity index (χ2n) is 7.48.